The average Bonchev–Trinajstić information content (AvgIpc) is 2.19. The van der Waals surface area contributed by atoms with Gasteiger partial charge in [0.15, 0.2) is 0 Å². The first-order valence-corrected chi connectivity index (χ1v) is 4.36. The van der Waals surface area contributed by atoms with Crippen LogP contribution >= 0.6 is 33.9 Å². The van der Waals surface area contributed by atoms with Crippen LogP contribution in [0.1, 0.15) is 4.88 Å². The van der Waals surface area contributed by atoms with Gasteiger partial charge in [0.25, 0.3) is 0 Å². The second kappa shape index (κ2) is 3.25. The minimum absolute atomic E-state index is 1.32. The number of halogens is 1. The molecular weight excluding hydrogens is 231 g/mol. The van der Waals surface area contributed by atoms with Gasteiger partial charge in [0.1, 0.15) is 0 Å². The summed E-state index contributed by atoms with van der Waals surface area (Å²) in [6.07, 6.45) is 2.09. The zero-order valence-corrected chi connectivity index (χ0v) is 7.15. The van der Waals surface area contributed by atoms with Crippen molar-refractivity contribution in [1.29, 1.82) is 0 Å². The molecule has 0 aliphatic carbocycles. The van der Waals surface area contributed by atoms with Gasteiger partial charge in [-0.2, -0.15) is 0 Å². The normalized spacial score (nSPS) is 10.6. The van der Waals surface area contributed by atoms with Gasteiger partial charge in [0, 0.05) is 4.88 Å². The molecule has 0 saturated heterocycles. The lowest BCUT2D eigenvalue weighted by Crippen LogP contribution is -1.48. The van der Waals surface area contributed by atoms with Gasteiger partial charge in [0.2, 0.25) is 0 Å². The van der Waals surface area contributed by atoms with E-state index in [1.165, 1.54) is 4.88 Å². The van der Waals surface area contributed by atoms with Crippen molar-refractivity contribution < 1.29 is 0 Å². The fourth-order valence-corrected chi connectivity index (χ4v) is 1.70. The Hall–Kier alpha value is 0.170. The molecule has 0 spiro atoms. The largest absolute Gasteiger partial charge is 0.144 e. The van der Waals surface area contributed by atoms with Crippen molar-refractivity contribution >= 4 is 40.0 Å². The monoisotopic (exact) mass is 236 g/mol. The Bertz CT molecular complexity index is 165. The third-order valence-corrected chi connectivity index (χ3v) is 1.97. The summed E-state index contributed by atoms with van der Waals surface area (Å²) in [5.41, 5.74) is 0. The van der Waals surface area contributed by atoms with Crippen LogP contribution in [0.25, 0.3) is 6.08 Å². The van der Waals surface area contributed by atoms with Crippen molar-refractivity contribution in [2.75, 3.05) is 0 Å². The summed E-state index contributed by atoms with van der Waals surface area (Å²) in [6, 6.07) is 4.15. The minimum Gasteiger partial charge on any atom is -0.144 e. The average molecular weight is 236 g/mol. The lowest BCUT2D eigenvalue weighted by atomic mass is 10.5. The second-order valence-corrected chi connectivity index (χ2v) is 3.01. The smallest absolute Gasteiger partial charge is 0.0274 e. The van der Waals surface area contributed by atoms with Crippen LogP contribution in [0.2, 0.25) is 0 Å². The maximum Gasteiger partial charge on any atom is 0.0274 e. The van der Waals surface area contributed by atoms with E-state index in [0.29, 0.717) is 0 Å². The van der Waals surface area contributed by atoms with Crippen LogP contribution in [0.15, 0.2) is 21.6 Å². The summed E-state index contributed by atoms with van der Waals surface area (Å²) in [6.45, 7) is 0. The third-order valence-electron chi connectivity index (χ3n) is 0.770. The van der Waals surface area contributed by atoms with Gasteiger partial charge >= 0.3 is 0 Å². The molecule has 0 saturated carbocycles. The number of thiophene rings is 1. The van der Waals surface area contributed by atoms with Gasteiger partial charge in [0.05, 0.1) is 0 Å². The van der Waals surface area contributed by atoms with Crippen molar-refractivity contribution in [2.45, 2.75) is 0 Å². The second-order valence-electron chi connectivity index (χ2n) is 1.31. The van der Waals surface area contributed by atoms with E-state index in [9.17, 15) is 0 Å². The molecule has 0 amide bonds. The SMILES string of the molecule is I/C=C\c1cccs1. The maximum atomic E-state index is 2.21. The topological polar surface area (TPSA) is 0 Å². The van der Waals surface area contributed by atoms with Crippen molar-refractivity contribution in [3.05, 3.63) is 26.5 Å². The quantitative estimate of drug-likeness (QED) is 0.657. The van der Waals surface area contributed by atoms with E-state index in [0.717, 1.165) is 0 Å². The predicted molar refractivity (Wildman–Crippen MR) is 47.4 cm³/mol. The zero-order chi connectivity index (χ0) is 5.82. The predicted octanol–water partition coefficient (Wildman–Crippen LogP) is 3.15. The first kappa shape index (κ1) is 6.29. The molecule has 1 rings (SSSR count). The summed E-state index contributed by atoms with van der Waals surface area (Å²) >= 11 is 3.97. The first-order chi connectivity index (χ1) is 3.93. The van der Waals surface area contributed by atoms with Crippen LogP contribution in [0.5, 0.6) is 0 Å². The molecule has 0 unspecified atom stereocenters. The minimum atomic E-state index is 1.32. The van der Waals surface area contributed by atoms with Crippen LogP contribution in [-0.2, 0) is 0 Å². The molecule has 2 heteroatoms. The van der Waals surface area contributed by atoms with Crippen molar-refractivity contribution in [3.8, 4) is 0 Å². The molecule has 0 aliphatic heterocycles. The summed E-state index contributed by atoms with van der Waals surface area (Å²) < 4.78 is 2.02. The third kappa shape index (κ3) is 1.59. The number of hydrogen-bond donors (Lipinski definition) is 0. The summed E-state index contributed by atoms with van der Waals surface area (Å²) in [5.74, 6) is 0. The number of hydrogen-bond acceptors (Lipinski definition) is 1. The molecule has 8 heavy (non-hydrogen) atoms. The van der Waals surface area contributed by atoms with E-state index in [4.69, 9.17) is 0 Å². The number of rotatable bonds is 1. The van der Waals surface area contributed by atoms with Crippen molar-refractivity contribution in [2.24, 2.45) is 0 Å². The molecule has 42 valence electrons. The van der Waals surface area contributed by atoms with E-state index in [-0.39, 0.29) is 0 Å². The van der Waals surface area contributed by atoms with Gasteiger partial charge in [-0.1, -0.05) is 28.7 Å². The Morgan fingerprint density at radius 1 is 1.62 bits per heavy atom. The molecule has 0 radical (unpaired) electrons. The molecule has 1 aromatic heterocycles. The molecule has 0 bridgehead atoms. The fourth-order valence-electron chi connectivity index (χ4n) is 0.448. The highest BCUT2D eigenvalue weighted by atomic mass is 127. The van der Waals surface area contributed by atoms with Crippen LogP contribution in [0.3, 0.4) is 0 Å². The van der Waals surface area contributed by atoms with Crippen molar-refractivity contribution in [1.82, 2.24) is 0 Å². The Kier molecular flexibility index (Phi) is 2.55. The molecule has 0 aromatic carbocycles. The standard InChI is InChI=1S/C6H5IS/c7-4-3-6-2-1-5-8-6/h1-5H/b4-3-. The first-order valence-electron chi connectivity index (χ1n) is 2.24. The van der Waals surface area contributed by atoms with E-state index in [1.54, 1.807) is 11.3 Å². The summed E-state index contributed by atoms with van der Waals surface area (Å²) in [7, 11) is 0. The van der Waals surface area contributed by atoms with Crippen LogP contribution < -0.4 is 0 Å². The van der Waals surface area contributed by atoms with Crippen LogP contribution in [0, 0.1) is 0 Å². The van der Waals surface area contributed by atoms with E-state index >= 15 is 0 Å². The van der Waals surface area contributed by atoms with Gasteiger partial charge in [-0.25, -0.2) is 0 Å². The maximum absolute atomic E-state index is 2.21. The van der Waals surface area contributed by atoms with Gasteiger partial charge in [-0.15, -0.1) is 11.3 Å². The van der Waals surface area contributed by atoms with Gasteiger partial charge < -0.3 is 0 Å². The molecule has 0 N–H and O–H groups in total. The molecular formula is C6H5IS. The van der Waals surface area contributed by atoms with Gasteiger partial charge in [-0.3, -0.25) is 0 Å². The van der Waals surface area contributed by atoms with E-state index in [2.05, 4.69) is 46.2 Å². The lowest BCUT2D eigenvalue weighted by molar-refractivity contribution is 1.96. The van der Waals surface area contributed by atoms with E-state index < -0.39 is 0 Å². The van der Waals surface area contributed by atoms with Crippen LogP contribution in [0.4, 0.5) is 0 Å². The molecule has 0 aliphatic rings. The van der Waals surface area contributed by atoms with E-state index in [1.807, 2.05) is 4.08 Å². The van der Waals surface area contributed by atoms with Crippen molar-refractivity contribution in [3.63, 3.8) is 0 Å². The molecule has 0 fully saturated rings. The molecule has 0 atom stereocenters. The Morgan fingerprint density at radius 3 is 3.00 bits per heavy atom. The Morgan fingerprint density at radius 2 is 2.50 bits per heavy atom. The zero-order valence-electron chi connectivity index (χ0n) is 4.17. The highest BCUT2D eigenvalue weighted by Gasteiger charge is 1.80. The highest BCUT2D eigenvalue weighted by molar-refractivity contribution is 14.1. The molecule has 0 nitrogen and oxygen atoms in total. The fraction of sp³-hybridized carbons (Fsp3) is 0. The summed E-state index contributed by atoms with van der Waals surface area (Å²) in [4.78, 5) is 1.32. The highest BCUT2D eigenvalue weighted by Crippen LogP contribution is 2.10. The van der Waals surface area contributed by atoms with Crippen LogP contribution in [-0.4, -0.2) is 0 Å². The summed E-state index contributed by atoms with van der Waals surface area (Å²) in [5, 5.41) is 2.08. The lowest BCUT2D eigenvalue weighted by Gasteiger charge is -1.74. The Labute approximate surface area is 66.4 Å². The van der Waals surface area contributed by atoms with Gasteiger partial charge in [-0.05, 0) is 21.6 Å². The Balaban J connectivity index is 2.77. The molecule has 1 heterocycles. The molecule has 1 aromatic rings.